The third-order valence-corrected chi connectivity index (χ3v) is 2.93. The average molecular weight is 262 g/mol. The zero-order valence-electron chi connectivity index (χ0n) is 9.11. The van der Waals surface area contributed by atoms with E-state index in [4.69, 9.17) is 16.0 Å². The molecular formula is C13H8ClNO3. The highest BCUT2D eigenvalue weighted by atomic mass is 35.5. The quantitative estimate of drug-likeness (QED) is 0.707. The normalized spacial score (nSPS) is 10.9. The van der Waals surface area contributed by atoms with Crippen LogP contribution in [0.3, 0.4) is 0 Å². The standard InChI is InChI=1S/C13H8ClNO3/c14-8-2-4-11(16)9(6-8)7-1-3-10-12(5-7)18-13(17)15-10/h1-6,16H,(H,15,17). The molecule has 0 atom stereocenters. The van der Waals surface area contributed by atoms with Crippen LogP contribution in [-0.4, -0.2) is 10.1 Å². The molecule has 0 aliphatic carbocycles. The summed E-state index contributed by atoms with van der Waals surface area (Å²) in [7, 11) is 0. The van der Waals surface area contributed by atoms with Crippen LogP contribution in [0.2, 0.25) is 5.02 Å². The average Bonchev–Trinajstić information content (AvgIpc) is 2.71. The SMILES string of the molecule is O=c1[nH]c2ccc(-c3cc(Cl)ccc3O)cc2o1. The molecule has 0 unspecified atom stereocenters. The minimum Gasteiger partial charge on any atom is -0.507 e. The highest BCUT2D eigenvalue weighted by Crippen LogP contribution is 2.32. The molecule has 0 radical (unpaired) electrons. The smallest absolute Gasteiger partial charge is 0.417 e. The van der Waals surface area contributed by atoms with E-state index in [1.165, 1.54) is 6.07 Å². The van der Waals surface area contributed by atoms with Gasteiger partial charge in [-0.25, -0.2) is 4.79 Å². The Balaban J connectivity index is 2.24. The van der Waals surface area contributed by atoms with E-state index in [0.717, 1.165) is 5.56 Å². The fourth-order valence-electron chi connectivity index (χ4n) is 1.85. The van der Waals surface area contributed by atoms with Gasteiger partial charge in [-0.15, -0.1) is 0 Å². The van der Waals surface area contributed by atoms with Gasteiger partial charge in [0.15, 0.2) is 5.58 Å². The number of nitrogens with one attached hydrogen (secondary N) is 1. The van der Waals surface area contributed by atoms with Gasteiger partial charge in [0.2, 0.25) is 0 Å². The van der Waals surface area contributed by atoms with Crippen LogP contribution >= 0.6 is 11.6 Å². The molecule has 0 amide bonds. The van der Waals surface area contributed by atoms with E-state index in [2.05, 4.69) is 4.98 Å². The molecule has 0 spiro atoms. The third-order valence-electron chi connectivity index (χ3n) is 2.69. The molecule has 2 N–H and O–H groups in total. The van der Waals surface area contributed by atoms with E-state index >= 15 is 0 Å². The molecule has 0 fully saturated rings. The minimum atomic E-state index is -0.502. The largest absolute Gasteiger partial charge is 0.507 e. The Kier molecular flexibility index (Phi) is 2.38. The molecule has 18 heavy (non-hydrogen) atoms. The van der Waals surface area contributed by atoms with E-state index in [1.54, 1.807) is 30.3 Å². The van der Waals surface area contributed by atoms with Gasteiger partial charge < -0.3 is 9.52 Å². The maximum absolute atomic E-state index is 11.1. The second kappa shape index (κ2) is 3.92. The number of oxazole rings is 1. The van der Waals surface area contributed by atoms with E-state index in [0.29, 0.717) is 21.7 Å². The number of phenols is 1. The Bertz CT molecular complexity index is 788. The summed E-state index contributed by atoms with van der Waals surface area (Å²) < 4.78 is 4.97. The fourth-order valence-corrected chi connectivity index (χ4v) is 2.02. The van der Waals surface area contributed by atoms with E-state index in [1.807, 2.05) is 0 Å². The lowest BCUT2D eigenvalue weighted by molar-refractivity contribution is 0.477. The number of aromatic nitrogens is 1. The summed E-state index contributed by atoms with van der Waals surface area (Å²) in [6.07, 6.45) is 0. The molecule has 0 bridgehead atoms. The lowest BCUT2D eigenvalue weighted by Crippen LogP contribution is -1.92. The molecule has 1 aromatic heterocycles. The van der Waals surface area contributed by atoms with Gasteiger partial charge in [0.05, 0.1) is 5.52 Å². The number of benzene rings is 2. The van der Waals surface area contributed by atoms with Gasteiger partial charge in [0.25, 0.3) is 0 Å². The first kappa shape index (κ1) is 10.9. The number of aromatic amines is 1. The molecule has 0 aliphatic rings. The number of phenolic OH excluding ortho intramolecular Hbond substituents is 1. The van der Waals surface area contributed by atoms with Crippen molar-refractivity contribution < 1.29 is 9.52 Å². The van der Waals surface area contributed by atoms with Gasteiger partial charge >= 0.3 is 5.76 Å². The van der Waals surface area contributed by atoms with Crippen molar-refractivity contribution in [3.63, 3.8) is 0 Å². The van der Waals surface area contributed by atoms with E-state index in [-0.39, 0.29) is 5.75 Å². The van der Waals surface area contributed by atoms with Gasteiger partial charge in [0.1, 0.15) is 5.75 Å². The van der Waals surface area contributed by atoms with Crippen LogP contribution in [0.15, 0.2) is 45.6 Å². The summed E-state index contributed by atoms with van der Waals surface area (Å²) in [5, 5.41) is 10.3. The van der Waals surface area contributed by atoms with Crippen LogP contribution in [0, 0.1) is 0 Å². The monoisotopic (exact) mass is 261 g/mol. The molecular weight excluding hydrogens is 254 g/mol. The Morgan fingerprint density at radius 3 is 2.83 bits per heavy atom. The maximum atomic E-state index is 11.1. The summed E-state index contributed by atoms with van der Waals surface area (Å²) in [4.78, 5) is 13.6. The zero-order chi connectivity index (χ0) is 12.7. The molecule has 5 heteroatoms. The summed E-state index contributed by atoms with van der Waals surface area (Å²) >= 11 is 5.90. The molecule has 2 aromatic carbocycles. The van der Waals surface area contributed by atoms with Crippen molar-refractivity contribution in [2.75, 3.05) is 0 Å². The van der Waals surface area contributed by atoms with Gasteiger partial charge in [-0.05, 0) is 35.9 Å². The maximum Gasteiger partial charge on any atom is 0.417 e. The number of halogens is 1. The molecule has 3 rings (SSSR count). The predicted molar refractivity (Wildman–Crippen MR) is 68.9 cm³/mol. The molecule has 0 saturated carbocycles. The Morgan fingerprint density at radius 2 is 2.00 bits per heavy atom. The van der Waals surface area contributed by atoms with E-state index < -0.39 is 5.76 Å². The zero-order valence-corrected chi connectivity index (χ0v) is 9.86. The number of aromatic hydroxyl groups is 1. The molecule has 4 nitrogen and oxygen atoms in total. The predicted octanol–water partition coefficient (Wildman–Crippen LogP) is 3.15. The molecule has 1 heterocycles. The number of fused-ring (bicyclic) bond motifs is 1. The Labute approximate surface area is 106 Å². The first-order chi connectivity index (χ1) is 8.63. The molecule has 3 aromatic rings. The van der Waals surface area contributed by atoms with Crippen molar-refractivity contribution in [3.8, 4) is 16.9 Å². The van der Waals surface area contributed by atoms with Crippen LogP contribution in [0.25, 0.3) is 22.2 Å². The molecule has 0 saturated heterocycles. The summed E-state index contributed by atoms with van der Waals surface area (Å²) in [5.41, 5.74) is 2.38. The third kappa shape index (κ3) is 1.76. The summed E-state index contributed by atoms with van der Waals surface area (Å²) in [6.45, 7) is 0. The summed E-state index contributed by atoms with van der Waals surface area (Å²) in [6, 6.07) is 9.96. The number of H-pyrrole nitrogens is 1. The second-order valence-corrected chi connectivity index (χ2v) is 4.32. The van der Waals surface area contributed by atoms with Crippen LogP contribution < -0.4 is 5.76 Å². The summed E-state index contributed by atoms with van der Waals surface area (Å²) in [5.74, 6) is -0.380. The van der Waals surface area contributed by atoms with Gasteiger partial charge in [-0.2, -0.15) is 0 Å². The van der Waals surface area contributed by atoms with Crippen molar-refractivity contribution in [1.82, 2.24) is 4.98 Å². The van der Waals surface area contributed by atoms with Crippen molar-refractivity contribution in [1.29, 1.82) is 0 Å². The van der Waals surface area contributed by atoms with Crippen molar-refractivity contribution in [3.05, 3.63) is 52.0 Å². The van der Waals surface area contributed by atoms with Crippen LogP contribution in [-0.2, 0) is 0 Å². The Morgan fingerprint density at radius 1 is 1.17 bits per heavy atom. The van der Waals surface area contributed by atoms with Gasteiger partial charge in [0, 0.05) is 10.6 Å². The van der Waals surface area contributed by atoms with Crippen molar-refractivity contribution in [2.45, 2.75) is 0 Å². The number of hydrogen-bond donors (Lipinski definition) is 2. The first-order valence-corrected chi connectivity index (χ1v) is 5.63. The molecule has 90 valence electrons. The first-order valence-electron chi connectivity index (χ1n) is 5.25. The molecule has 0 aliphatic heterocycles. The Hall–Kier alpha value is -2.20. The van der Waals surface area contributed by atoms with Crippen molar-refractivity contribution >= 4 is 22.7 Å². The lowest BCUT2D eigenvalue weighted by Gasteiger charge is -2.04. The van der Waals surface area contributed by atoms with Crippen LogP contribution in [0.5, 0.6) is 5.75 Å². The van der Waals surface area contributed by atoms with Crippen molar-refractivity contribution in [2.24, 2.45) is 0 Å². The fraction of sp³-hybridized carbons (Fsp3) is 0. The van der Waals surface area contributed by atoms with Crippen LogP contribution in [0.1, 0.15) is 0 Å². The second-order valence-electron chi connectivity index (χ2n) is 3.89. The van der Waals surface area contributed by atoms with Gasteiger partial charge in [-0.3, -0.25) is 4.98 Å². The lowest BCUT2D eigenvalue weighted by atomic mass is 10.0. The number of rotatable bonds is 1. The number of hydrogen-bond acceptors (Lipinski definition) is 3. The van der Waals surface area contributed by atoms with Crippen LogP contribution in [0.4, 0.5) is 0 Å². The minimum absolute atomic E-state index is 0.122. The van der Waals surface area contributed by atoms with Gasteiger partial charge in [-0.1, -0.05) is 17.7 Å². The topological polar surface area (TPSA) is 66.2 Å². The van der Waals surface area contributed by atoms with E-state index in [9.17, 15) is 9.90 Å². The highest BCUT2D eigenvalue weighted by Gasteiger charge is 2.08. The highest BCUT2D eigenvalue weighted by molar-refractivity contribution is 6.31.